The summed E-state index contributed by atoms with van der Waals surface area (Å²) in [5.41, 5.74) is 1.02. The quantitative estimate of drug-likeness (QED) is 0.826. The van der Waals surface area contributed by atoms with Crippen molar-refractivity contribution in [2.24, 2.45) is 0 Å². The molecule has 1 aromatic rings. The van der Waals surface area contributed by atoms with Crippen LogP contribution in [0.3, 0.4) is 0 Å². The Hall–Kier alpha value is 0.140. The molecule has 0 bridgehead atoms. The van der Waals surface area contributed by atoms with Gasteiger partial charge in [0.1, 0.15) is 3.23 Å². The van der Waals surface area contributed by atoms with Gasteiger partial charge in [-0.3, -0.25) is 0 Å². The highest BCUT2D eigenvalue weighted by Gasteiger charge is 2.23. The number of aliphatic hydroxyl groups excluding tert-OH is 1. The summed E-state index contributed by atoms with van der Waals surface area (Å²) >= 11 is 6.71. The van der Waals surface area contributed by atoms with E-state index in [1.165, 1.54) is 0 Å². The number of rotatable bonds is 2. The molecular formula is C8H8Br2O. The molecule has 1 nitrogen and oxygen atoms in total. The molecule has 1 N–H and O–H groups in total. The van der Waals surface area contributed by atoms with E-state index in [2.05, 4.69) is 31.9 Å². The SMILES string of the molecule is OCC(Br)(Br)c1ccccc1. The molecule has 0 saturated heterocycles. The molecule has 60 valence electrons. The van der Waals surface area contributed by atoms with Crippen molar-refractivity contribution in [1.82, 2.24) is 0 Å². The lowest BCUT2D eigenvalue weighted by Crippen LogP contribution is -2.13. The largest absolute Gasteiger partial charge is 0.394 e. The summed E-state index contributed by atoms with van der Waals surface area (Å²) in [6.07, 6.45) is 0. The molecule has 0 spiro atoms. The van der Waals surface area contributed by atoms with E-state index >= 15 is 0 Å². The molecule has 0 aliphatic rings. The highest BCUT2D eigenvalue weighted by molar-refractivity contribution is 9.24. The number of aliphatic hydroxyl groups is 1. The predicted octanol–water partition coefficient (Wildman–Crippen LogP) is 2.62. The zero-order chi connectivity index (χ0) is 8.32. The summed E-state index contributed by atoms with van der Waals surface area (Å²) in [6, 6.07) is 9.70. The van der Waals surface area contributed by atoms with Crippen molar-refractivity contribution in [3.63, 3.8) is 0 Å². The highest BCUT2D eigenvalue weighted by Crippen LogP contribution is 2.36. The van der Waals surface area contributed by atoms with Gasteiger partial charge >= 0.3 is 0 Å². The summed E-state index contributed by atoms with van der Waals surface area (Å²) in [7, 11) is 0. The normalized spacial score (nSPS) is 11.5. The molecule has 0 aliphatic carbocycles. The highest BCUT2D eigenvalue weighted by atomic mass is 79.9. The zero-order valence-electron chi connectivity index (χ0n) is 5.80. The van der Waals surface area contributed by atoms with Crippen LogP contribution >= 0.6 is 31.9 Å². The summed E-state index contributed by atoms with van der Waals surface area (Å²) in [4.78, 5) is 0. The summed E-state index contributed by atoms with van der Waals surface area (Å²) in [5.74, 6) is 0. The molecule has 0 heterocycles. The van der Waals surface area contributed by atoms with Crippen molar-refractivity contribution >= 4 is 31.9 Å². The Kier molecular flexibility index (Phi) is 3.10. The smallest absolute Gasteiger partial charge is 0.128 e. The lowest BCUT2D eigenvalue weighted by molar-refractivity contribution is 0.290. The fraction of sp³-hybridized carbons (Fsp3) is 0.250. The maximum Gasteiger partial charge on any atom is 0.128 e. The lowest BCUT2D eigenvalue weighted by Gasteiger charge is -2.16. The third kappa shape index (κ3) is 2.29. The van der Waals surface area contributed by atoms with Gasteiger partial charge in [0.05, 0.1) is 6.61 Å². The van der Waals surface area contributed by atoms with Gasteiger partial charge in [-0.05, 0) is 5.56 Å². The Balaban J connectivity index is 2.93. The third-order valence-electron chi connectivity index (χ3n) is 1.39. The second-order valence-corrected chi connectivity index (χ2v) is 6.00. The van der Waals surface area contributed by atoms with Crippen LogP contribution < -0.4 is 0 Å². The minimum absolute atomic E-state index is 0.0248. The van der Waals surface area contributed by atoms with Crippen LogP contribution in [0.4, 0.5) is 0 Å². The summed E-state index contributed by atoms with van der Waals surface area (Å²) < 4.78 is -0.485. The van der Waals surface area contributed by atoms with Crippen LogP contribution in [-0.4, -0.2) is 11.7 Å². The summed E-state index contributed by atoms with van der Waals surface area (Å²) in [5, 5.41) is 8.95. The molecule has 0 unspecified atom stereocenters. The molecule has 3 heteroatoms. The van der Waals surface area contributed by atoms with Crippen molar-refractivity contribution in [2.75, 3.05) is 6.61 Å². The van der Waals surface area contributed by atoms with Gasteiger partial charge < -0.3 is 5.11 Å². The van der Waals surface area contributed by atoms with Gasteiger partial charge in [-0.1, -0.05) is 62.2 Å². The first-order valence-electron chi connectivity index (χ1n) is 3.21. The van der Waals surface area contributed by atoms with E-state index in [9.17, 15) is 0 Å². The molecule has 1 aromatic carbocycles. The van der Waals surface area contributed by atoms with Gasteiger partial charge in [0.2, 0.25) is 0 Å². The molecular weight excluding hydrogens is 272 g/mol. The van der Waals surface area contributed by atoms with Crippen molar-refractivity contribution in [1.29, 1.82) is 0 Å². The second kappa shape index (κ2) is 3.70. The molecule has 11 heavy (non-hydrogen) atoms. The summed E-state index contributed by atoms with van der Waals surface area (Å²) in [6.45, 7) is 0.0248. The molecule has 0 saturated carbocycles. The fourth-order valence-corrected chi connectivity index (χ4v) is 1.30. The van der Waals surface area contributed by atoms with Gasteiger partial charge in [-0.2, -0.15) is 0 Å². The lowest BCUT2D eigenvalue weighted by atomic mass is 10.2. The number of benzene rings is 1. The zero-order valence-corrected chi connectivity index (χ0v) is 8.97. The third-order valence-corrected chi connectivity index (χ3v) is 2.81. The van der Waals surface area contributed by atoms with Crippen LogP contribution in [0, 0.1) is 0 Å². The van der Waals surface area contributed by atoms with Gasteiger partial charge in [0.15, 0.2) is 0 Å². The van der Waals surface area contributed by atoms with E-state index in [1.54, 1.807) is 0 Å². The standard InChI is InChI=1S/C8H8Br2O/c9-8(10,6-11)7-4-2-1-3-5-7/h1-5,11H,6H2. The maximum absolute atomic E-state index is 8.95. The minimum atomic E-state index is -0.485. The first-order valence-corrected chi connectivity index (χ1v) is 4.79. The predicted molar refractivity (Wildman–Crippen MR) is 53.1 cm³/mol. The van der Waals surface area contributed by atoms with Gasteiger partial charge in [-0.25, -0.2) is 0 Å². The topological polar surface area (TPSA) is 20.2 Å². The number of hydrogen-bond acceptors (Lipinski definition) is 1. The van der Waals surface area contributed by atoms with Crippen LogP contribution in [0.1, 0.15) is 5.56 Å². The maximum atomic E-state index is 8.95. The van der Waals surface area contributed by atoms with Crippen LogP contribution in [-0.2, 0) is 3.23 Å². The van der Waals surface area contributed by atoms with Crippen molar-refractivity contribution in [2.45, 2.75) is 3.23 Å². The Morgan fingerprint density at radius 1 is 1.18 bits per heavy atom. The number of hydrogen-bond donors (Lipinski definition) is 1. The van der Waals surface area contributed by atoms with E-state index in [-0.39, 0.29) is 6.61 Å². The molecule has 0 aliphatic heterocycles. The van der Waals surface area contributed by atoms with Crippen LogP contribution in [0.2, 0.25) is 0 Å². The van der Waals surface area contributed by atoms with E-state index < -0.39 is 3.23 Å². The van der Waals surface area contributed by atoms with E-state index in [1.807, 2.05) is 30.3 Å². The van der Waals surface area contributed by atoms with Crippen LogP contribution in [0.5, 0.6) is 0 Å². The van der Waals surface area contributed by atoms with Crippen molar-refractivity contribution in [3.8, 4) is 0 Å². The molecule has 0 aromatic heterocycles. The van der Waals surface area contributed by atoms with Crippen molar-refractivity contribution < 1.29 is 5.11 Å². The average Bonchev–Trinajstić information content (AvgIpc) is 2.06. The van der Waals surface area contributed by atoms with Crippen LogP contribution in [0.25, 0.3) is 0 Å². The second-order valence-electron chi connectivity index (χ2n) is 2.23. The van der Waals surface area contributed by atoms with Gasteiger partial charge in [0.25, 0.3) is 0 Å². The molecule has 0 amide bonds. The number of alkyl halides is 2. The first-order chi connectivity index (χ1) is 5.17. The molecule has 1 rings (SSSR count). The molecule has 0 fully saturated rings. The Morgan fingerprint density at radius 2 is 1.73 bits per heavy atom. The monoisotopic (exact) mass is 278 g/mol. The molecule has 0 radical (unpaired) electrons. The molecule has 0 atom stereocenters. The van der Waals surface area contributed by atoms with Crippen LogP contribution in [0.15, 0.2) is 30.3 Å². The van der Waals surface area contributed by atoms with Crippen molar-refractivity contribution in [3.05, 3.63) is 35.9 Å². The van der Waals surface area contributed by atoms with E-state index in [0.29, 0.717) is 0 Å². The van der Waals surface area contributed by atoms with E-state index in [0.717, 1.165) is 5.56 Å². The minimum Gasteiger partial charge on any atom is -0.394 e. The Labute approximate surface area is 82.7 Å². The number of halogens is 2. The fourth-order valence-electron chi connectivity index (χ4n) is 0.773. The Bertz CT molecular complexity index is 221. The average molecular weight is 280 g/mol. The van der Waals surface area contributed by atoms with E-state index in [4.69, 9.17) is 5.11 Å². The first kappa shape index (κ1) is 9.23. The Morgan fingerprint density at radius 3 is 2.18 bits per heavy atom. The van der Waals surface area contributed by atoms with Gasteiger partial charge in [-0.15, -0.1) is 0 Å². The van der Waals surface area contributed by atoms with Gasteiger partial charge in [0, 0.05) is 0 Å².